The molecule has 3 aliphatic rings. The highest BCUT2D eigenvalue weighted by Gasteiger charge is 2.41. The molecule has 0 heterocycles. The molecule has 73 heavy (non-hydrogen) atoms. The van der Waals surface area contributed by atoms with Gasteiger partial charge in [-0.25, -0.2) is 0 Å². The van der Waals surface area contributed by atoms with Gasteiger partial charge < -0.3 is 9.80 Å². The quantitative estimate of drug-likeness (QED) is 0.127. The molecular formula is C71H60N2. The third-order valence-electron chi connectivity index (χ3n) is 16.7. The van der Waals surface area contributed by atoms with Crippen LogP contribution in [0.1, 0.15) is 67.7 Å². The molecule has 2 bridgehead atoms. The van der Waals surface area contributed by atoms with Crippen molar-refractivity contribution < 1.29 is 0 Å². The lowest BCUT2D eigenvalue weighted by Crippen LogP contribution is -2.16. The Labute approximate surface area is 431 Å². The molecular weight excluding hydrogens is 881 g/mol. The van der Waals surface area contributed by atoms with Crippen LogP contribution >= 0.6 is 0 Å². The smallest absolute Gasteiger partial charge is 0.0496 e. The Morgan fingerprint density at radius 3 is 1.40 bits per heavy atom. The molecule has 2 fully saturated rings. The van der Waals surface area contributed by atoms with Gasteiger partial charge in [0.2, 0.25) is 0 Å². The van der Waals surface area contributed by atoms with Crippen LogP contribution in [0.5, 0.6) is 0 Å². The van der Waals surface area contributed by atoms with E-state index in [4.69, 9.17) is 0 Å². The van der Waals surface area contributed by atoms with E-state index in [2.05, 4.69) is 273 Å². The molecule has 3 unspecified atom stereocenters. The van der Waals surface area contributed by atoms with Crippen molar-refractivity contribution in [3.05, 3.63) is 265 Å². The van der Waals surface area contributed by atoms with Gasteiger partial charge in [0.15, 0.2) is 0 Å². The number of rotatable bonds is 11. The molecule has 2 nitrogen and oxygen atoms in total. The van der Waals surface area contributed by atoms with Crippen LogP contribution < -0.4 is 9.80 Å². The second kappa shape index (κ2) is 18.4. The predicted octanol–water partition coefficient (Wildman–Crippen LogP) is 19.8. The summed E-state index contributed by atoms with van der Waals surface area (Å²) in [6.07, 6.45) is 5.45. The monoisotopic (exact) mass is 940 g/mol. The minimum Gasteiger partial charge on any atom is -0.310 e. The molecule has 3 aliphatic carbocycles. The maximum absolute atomic E-state index is 2.50. The first kappa shape index (κ1) is 44.7. The third kappa shape index (κ3) is 7.97. The number of benzene rings is 10. The molecule has 10 aromatic rings. The maximum atomic E-state index is 2.50. The van der Waals surface area contributed by atoms with E-state index >= 15 is 0 Å². The fraction of sp³-hybridized carbons (Fsp3) is 0.155. The van der Waals surface area contributed by atoms with Crippen LogP contribution in [-0.4, -0.2) is 0 Å². The zero-order valence-corrected chi connectivity index (χ0v) is 42.0. The Bertz CT molecular complexity index is 3600. The normalized spacial score (nSPS) is 17.0. The van der Waals surface area contributed by atoms with Gasteiger partial charge in [-0.1, -0.05) is 184 Å². The van der Waals surface area contributed by atoms with E-state index in [1.54, 1.807) is 0 Å². The lowest BCUT2D eigenvalue weighted by atomic mass is 9.82. The molecule has 0 aliphatic heterocycles. The van der Waals surface area contributed by atoms with Crippen molar-refractivity contribution in [3.63, 3.8) is 0 Å². The number of hydrogen-bond donors (Lipinski definition) is 0. The van der Waals surface area contributed by atoms with Crippen molar-refractivity contribution >= 4 is 34.1 Å². The molecule has 2 saturated carbocycles. The minimum absolute atomic E-state index is 0.111. The summed E-state index contributed by atoms with van der Waals surface area (Å²) in [4.78, 5) is 4.90. The maximum Gasteiger partial charge on any atom is 0.0496 e. The van der Waals surface area contributed by atoms with E-state index in [0.29, 0.717) is 5.92 Å². The van der Waals surface area contributed by atoms with Crippen molar-refractivity contribution in [3.8, 4) is 55.6 Å². The lowest BCUT2D eigenvalue weighted by Gasteiger charge is -2.32. The summed E-state index contributed by atoms with van der Waals surface area (Å²) >= 11 is 0. The van der Waals surface area contributed by atoms with Gasteiger partial charge in [0.05, 0.1) is 0 Å². The largest absolute Gasteiger partial charge is 0.310 e. The fourth-order valence-corrected chi connectivity index (χ4v) is 13.1. The van der Waals surface area contributed by atoms with Crippen molar-refractivity contribution in [2.24, 2.45) is 11.8 Å². The van der Waals surface area contributed by atoms with Gasteiger partial charge >= 0.3 is 0 Å². The van der Waals surface area contributed by atoms with E-state index in [-0.39, 0.29) is 5.41 Å². The SMILES string of the molecule is Cc1cccc2c1-c1ccc(N(c3ccccc3)c3ccc(-c4cc(-c5ccccc5)c(-c5ccc(N(c6ccccc6)c6ccccc6C6CC7CCC6C7)cc5)cc4-c4ccccc4)cc3)cc1C2(C)C. The average molecular weight is 941 g/mol. The van der Waals surface area contributed by atoms with Gasteiger partial charge in [0.25, 0.3) is 0 Å². The lowest BCUT2D eigenvalue weighted by molar-refractivity contribution is 0.420. The zero-order valence-electron chi connectivity index (χ0n) is 42.0. The van der Waals surface area contributed by atoms with E-state index in [9.17, 15) is 0 Å². The van der Waals surface area contributed by atoms with Crippen molar-refractivity contribution in [1.82, 2.24) is 0 Å². The van der Waals surface area contributed by atoms with Gasteiger partial charge in [-0.05, 0) is 201 Å². The summed E-state index contributed by atoms with van der Waals surface area (Å²) in [5.41, 5.74) is 24.8. The Morgan fingerprint density at radius 2 is 0.849 bits per heavy atom. The Kier molecular flexibility index (Phi) is 11.3. The molecule has 13 rings (SSSR count). The topological polar surface area (TPSA) is 6.48 Å². The van der Waals surface area contributed by atoms with E-state index in [1.807, 2.05) is 0 Å². The van der Waals surface area contributed by atoms with Gasteiger partial charge in [-0.2, -0.15) is 0 Å². The van der Waals surface area contributed by atoms with Crippen LogP contribution in [0.25, 0.3) is 55.6 Å². The molecule has 0 saturated heterocycles. The van der Waals surface area contributed by atoms with Gasteiger partial charge in [0.1, 0.15) is 0 Å². The number of aryl methyl sites for hydroxylation is 1. The summed E-state index contributed by atoms with van der Waals surface area (Å²) in [7, 11) is 0. The van der Waals surface area contributed by atoms with Gasteiger partial charge in [-0.3, -0.25) is 0 Å². The Balaban J connectivity index is 0.914. The van der Waals surface area contributed by atoms with Crippen LogP contribution in [0.4, 0.5) is 34.1 Å². The van der Waals surface area contributed by atoms with E-state index in [0.717, 1.165) is 28.9 Å². The molecule has 0 aromatic heterocycles. The van der Waals surface area contributed by atoms with Crippen molar-refractivity contribution in [2.45, 2.75) is 57.8 Å². The van der Waals surface area contributed by atoms with Crippen LogP contribution in [-0.2, 0) is 5.41 Å². The summed E-state index contributed by atoms with van der Waals surface area (Å²) in [6, 6.07) is 90.2. The molecule has 0 radical (unpaired) electrons. The highest BCUT2D eigenvalue weighted by molar-refractivity contribution is 5.96. The average Bonchev–Trinajstić information content (AvgIpc) is 4.15. The first-order valence-electron chi connectivity index (χ1n) is 26.4. The highest BCUT2D eigenvalue weighted by atomic mass is 15.1. The summed E-state index contributed by atoms with van der Waals surface area (Å²) in [6.45, 7) is 6.99. The highest BCUT2D eigenvalue weighted by Crippen LogP contribution is 2.56. The molecule has 0 amide bonds. The molecule has 0 spiro atoms. The van der Waals surface area contributed by atoms with Crippen LogP contribution in [0, 0.1) is 18.8 Å². The number of fused-ring (bicyclic) bond motifs is 5. The summed E-state index contributed by atoms with van der Waals surface area (Å²) in [5.74, 6) is 2.28. The van der Waals surface area contributed by atoms with Gasteiger partial charge in [-0.15, -0.1) is 0 Å². The van der Waals surface area contributed by atoms with E-state index < -0.39 is 0 Å². The molecule has 0 N–H and O–H groups in total. The van der Waals surface area contributed by atoms with Crippen LogP contribution in [0.2, 0.25) is 0 Å². The van der Waals surface area contributed by atoms with Crippen molar-refractivity contribution in [1.29, 1.82) is 0 Å². The number of hydrogen-bond acceptors (Lipinski definition) is 2. The fourth-order valence-electron chi connectivity index (χ4n) is 13.1. The standard InChI is InChI=1S/C71H60N2/c1-48-19-18-29-67-70(48)61-42-41-59(45-68(61)71(67,2)3)72(55-24-12-6-13-25-55)57-37-33-52(34-38-57)65-46-64(51-22-10-5-11-23-51)66(47-63(65)50-20-8-4-9-21-50)53-35-39-58(40-36-53)73(56-26-14-7-15-27-56)69-30-17-16-28-60(69)62-44-49-31-32-54(62)43-49/h4-30,33-42,45-47,49,54,62H,31-32,43-44H2,1-3H3. The zero-order chi connectivity index (χ0) is 49.0. The minimum atomic E-state index is -0.111. The Morgan fingerprint density at radius 1 is 0.370 bits per heavy atom. The molecule has 3 atom stereocenters. The number of para-hydroxylation sites is 3. The number of anilines is 6. The number of nitrogens with zero attached hydrogens (tertiary/aromatic N) is 2. The second-order valence-corrected chi connectivity index (χ2v) is 21.3. The molecule has 10 aromatic carbocycles. The first-order valence-corrected chi connectivity index (χ1v) is 26.4. The third-order valence-corrected chi connectivity index (χ3v) is 16.7. The first-order chi connectivity index (χ1) is 35.9. The second-order valence-electron chi connectivity index (χ2n) is 21.3. The van der Waals surface area contributed by atoms with E-state index in [1.165, 1.54) is 121 Å². The van der Waals surface area contributed by atoms with Crippen LogP contribution in [0.3, 0.4) is 0 Å². The Hall–Kier alpha value is -8.20. The predicted molar refractivity (Wildman–Crippen MR) is 308 cm³/mol. The van der Waals surface area contributed by atoms with Crippen LogP contribution in [0.15, 0.2) is 243 Å². The molecule has 2 heteroatoms. The summed E-state index contributed by atoms with van der Waals surface area (Å²) < 4.78 is 0. The molecule has 354 valence electrons. The van der Waals surface area contributed by atoms with Crippen molar-refractivity contribution in [2.75, 3.05) is 9.80 Å². The summed E-state index contributed by atoms with van der Waals surface area (Å²) in [5, 5.41) is 0. The van der Waals surface area contributed by atoms with Gasteiger partial charge in [0, 0.05) is 39.5 Å².